The second-order valence-electron chi connectivity index (χ2n) is 9.11. The number of rotatable bonds is 7. The van der Waals surface area contributed by atoms with E-state index < -0.39 is 22.0 Å². The van der Waals surface area contributed by atoms with Crippen molar-refractivity contribution < 1.29 is 22.7 Å². The molecule has 2 aliphatic rings. The zero-order valence-corrected chi connectivity index (χ0v) is 23.5. The van der Waals surface area contributed by atoms with E-state index >= 15 is 0 Å². The quantitative estimate of drug-likeness (QED) is 0.391. The third kappa shape index (κ3) is 5.79. The summed E-state index contributed by atoms with van der Waals surface area (Å²) in [7, 11) is -4.10. The molecule has 3 heterocycles. The Hall–Kier alpha value is -3.05. The molecule has 1 unspecified atom stereocenters. The van der Waals surface area contributed by atoms with Crippen molar-refractivity contribution in [3.63, 3.8) is 0 Å². The second-order valence-corrected chi connectivity index (χ2v) is 12.2. The molecule has 1 N–H and O–H groups in total. The maximum absolute atomic E-state index is 13.8. The van der Waals surface area contributed by atoms with Gasteiger partial charge in [-0.3, -0.25) is 13.9 Å². The summed E-state index contributed by atoms with van der Waals surface area (Å²) in [5.41, 5.74) is 0.437. The number of carbonyl (C=O) groups is 2. The number of anilines is 2. The highest BCUT2D eigenvalue weighted by Gasteiger charge is 2.36. The van der Waals surface area contributed by atoms with Crippen molar-refractivity contribution in [3.05, 3.63) is 75.4 Å². The van der Waals surface area contributed by atoms with Crippen molar-refractivity contribution in [1.82, 2.24) is 9.88 Å². The fraction of sp³-hybridized carbons (Fsp3) is 0.269. The van der Waals surface area contributed by atoms with Gasteiger partial charge < -0.3 is 15.0 Å². The highest BCUT2D eigenvalue weighted by Crippen LogP contribution is 2.38. The number of hydrogen-bond donors (Lipinski definition) is 1. The molecule has 3 aromatic rings. The Labute approximate surface area is 240 Å². The average Bonchev–Trinajstić information content (AvgIpc) is 3.31. The Kier molecular flexibility index (Phi) is 7.91. The monoisotopic (exact) mass is 608 g/mol. The predicted octanol–water partition coefficient (Wildman–Crippen LogP) is 5.26. The lowest BCUT2D eigenvalue weighted by Crippen LogP contribution is -2.45. The first-order chi connectivity index (χ1) is 18.6. The number of nitrogens with zero attached hydrogens (tertiary/aromatic N) is 3. The number of carbonyl (C=O) groups excluding carboxylic acids is 2. The van der Waals surface area contributed by atoms with Gasteiger partial charge in [-0.1, -0.05) is 46.9 Å². The lowest BCUT2D eigenvalue weighted by molar-refractivity contribution is -0.127. The first-order valence-corrected chi connectivity index (χ1v) is 14.7. The number of ether oxygens (including phenoxy) is 1. The molecule has 0 spiro atoms. The van der Waals surface area contributed by atoms with Crippen molar-refractivity contribution in [2.45, 2.75) is 30.3 Å². The van der Waals surface area contributed by atoms with Crippen LogP contribution >= 0.6 is 34.8 Å². The highest BCUT2D eigenvalue weighted by molar-refractivity contribution is 7.92. The molecule has 2 aromatic carbocycles. The molecule has 0 saturated carbocycles. The molecule has 5 rings (SSSR count). The number of fused-ring (bicyclic) bond motifs is 1. The van der Waals surface area contributed by atoms with Gasteiger partial charge in [0.2, 0.25) is 11.8 Å². The number of hydrogen-bond acceptors (Lipinski definition) is 6. The van der Waals surface area contributed by atoms with Crippen molar-refractivity contribution in [2.75, 3.05) is 29.3 Å². The van der Waals surface area contributed by atoms with Gasteiger partial charge in [0.25, 0.3) is 15.9 Å². The molecule has 9 nitrogen and oxygen atoms in total. The van der Waals surface area contributed by atoms with Crippen molar-refractivity contribution in [1.29, 1.82) is 0 Å². The van der Waals surface area contributed by atoms with Gasteiger partial charge in [-0.15, -0.1) is 0 Å². The maximum atomic E-state index is 13.8. The van der Waals surface area contributed by atoms with E-state index in [1.165, 1.54) is 40.8 Å². The summed E-state index contributed by atoms with van der Waals surface area (Å²) in [5.74, 6) is -0.424. The van der Waals surface area contributed by atoms with Crippen LogP contribution in [0.4, 0.5) is 11.4 Å². The van der Waals surface area contributed by atoms with Crippen LogP contribution in [0.1, 0.15) is 29.6 Å². The van der Waals surface area contributed by atoms with Crippen LogP contribution < -0.4 is 14.4 Å². The van der Waals surface area contributed by atoms with Crippen LogP contribution in [0.15, 0.2) is 59.6 Å². The zero-order valence-electron chi connectivity index (χ0n) is 20.4. The Morgan fingerprint density at radius 2 is 1.85 bits per heavy atom. The summed E-state index contributed by atoms with van der Waals surface area (Å²) < 4.78 is 34.9. The SMILES string of the molecule is O=C(Nc1cnc2c(c1)N(S(=O)(=O)c1cccc(Cl)c1)CC(CCN1CCCC1=O)O2)c1c(Cl)cccc1Cl. The Morgan fingerprint density at radius 1 is 1.10 bits per heavy atom. The molecule has 1 atom stereocenters. The molecule has 1 aromatic heterocycles. The third-order valence-corrected chi connectivity index (χ3v) is 9.11. The molecular formula is C26H23Cl3N4O5S. The predicted molar refractivity (Wildman–Crippen MR) is 149 cm³/mol. The van der Waals surface area contributed by atoms with E-state index in [9.17, 15) is 18.0 Å². The van der Waals surface area contributed by atoms with E-state index in [1.54, 1.807) is 23.1 Å². The summed E-state index contributed by atoms with van der Waals surface area (Å²) in [6, 6.07) is 12.1. The molecule has 0 bridgehead atoms. The van der Waals surface area contributed by atoms with Crippen LogP contribution in [0.25, 0.3) is 0 Å². The number of benzene rings is 2. The number of sulfonamides is 1. The fourth-order valence-corrected chi connectivity index (χ4v) is 6.90. The summed E-state index contributed by atoms with van der Waals surface area (Å²) in [5, 5.41) is 3.28. The number of pyridine rings is 1. The van der Waals surface area contributed by atoms with Crippen LogP contribution in [0, 0.1) is 0 Å². The van der Waals surface area contributed by atoms with Gasteiger partial charge in [-0.2, -0.15) is 0 Å². The van der Waals surface area contributed by atoms with Crippen LogP contribution in [0.2, 0.25) is 15.1 Å². The van der Waals surface area contributed by atoms with Gasteiger partial charge >= 0.3 is 0 Å². The van der Waals surface area contributed by atoms with E-state index in [1.807, 2.05) is 0 Å². The molecule has 1 fully saturated rings. The average molecular weight is 610 g/mol. The number of likely N-dealkylation sites (tertiary alicyclic amines) is 1. The molecule has 39 heavy (non-hydrogen) atoms. The minimum Gasteiger partial charge on any atom is -0.471 e. The normalized spacial score (nSPS) is 17.1. The molecule has 13 heteroatoms. The van der Waals surface area contributed by atoms with Crippen LogP contribution in [-0.2, 0) is 14.8 Å². The number of nitrogens with one attached hydrogen (secondary N) is 1. The van der Waals surface area contributed by atoms with Crippen LogP contribution in [0.3, 0.4) is 0 Å². The minimum atomic E-state index is -4.10. The van der Waals surface area contributed by atoms with Crippen LogP contribution in [-0.4, -0.2) is 55.9 Å². The number of aromatic nitrogens is 1. The number of amides is 2. The molecule has 0 aliphatic carbocycles. The molecule has 0 radical (unpaired) electrons. The smallest absolute Gasteiger partial charge is 0.264 e. The van der Waals surface area contributed by atoms with Gasteiger partial charge in [-0.05, 0) is 42.8 Å². The van der Waals surface area contributed by atoms with Gasteiger partial charge in [0.05, 0.1) is 38.9 Å². The van der Waals surface area contributed by atoms with E-state index in [-0.39, 0.29) is 55.2 Å². The summed E-state index contributed by atoms with van der Waals surface area (Å²) >= 11 is 18.4. The van der Waals surface area contributed by atoms with E-state index in [4.69, 9.17) is 39.5 Å². The lowest BCUT2D eigenvalue weighted by Gasteiger charge is -2.35. The minimum absolute atomic E-state index is 0.00592. The third-order valence-electron chi connectivity index (χ3n) is 6.47. The van der Waals surface area contributed by atoms with Crippen LogP contribution in [0.5, 0.6) is 5.88 Å². The van der Waals surface area contributed by atoms with E-state index in [0.717, 1.165) is 6.42 Å². The first kappa shape index (κ1) is 27.5. The van der Waals surface area contributed by atoms with E-state index in [0.29, 0.717) is 25.9 Å². The molecule has 1 saturated heterocycles. The summed E-state index contributed by atoms with van der Waals surface area (Å²) in [6.07, 6.45) is 2.53. The highest BCUT2D eigenvalue weighted by atomic mass is 35.5. The Balaban J connectivity index is 1.47. The molecule has 2 amide bonds. The summed E-state index contributed by atoms with van der Waals surface area (Å²) in [4.78, 5) is 31.1. The molecule has 204 valence electrons. The number of halogens is 3. The molecular weight excluding hydrogens is 587 g/mol. The Bertz CT molecular complexity index is 1530. The fourth-order valence-electron chi connectivity index (χ4n) is 4.54. The lowest BCUT2D eigenvalue weighted by atomic mass is 10.2. The maximum Gasteiger partial charge on any atom is 0.264 e. The van der Waals surface area contributed by atoms with Gasteiger partial charge in [0.15, 0.2) is 0 Å². The standard InChI is InChI=1S/C26H23Cl3N4O5S/c27-16-4-1-5-19(12-16)39(36,37)33-15-18(9-11-32-10-3-8-23(32)34)38-26-22(33)13-17(14-30-26)31-25(35)24-20(28)6-2-7-21(24)29/h1-2,4-7,12-14,18H,3,8-11,15H2,(H,31,35). The zero-order chi connectivity index (χ0) is 27.7. The molecule has 2 aliphatic heterocycles. The first-order valence-electron chi connectivity index (χ1n) is 12.1. The van der Waals surface area contributed by atoms with Gasteiger partial charge in [-0.25, -0.2) is 13.4 Å². The largest absolute Gasteiger partial charge is 0.471 e. The van der Waals surface area contributed by atoms with Gasteiger partial charge in [0, 0.05) is 31.0 Å². The van der Waals surface area contributed by atoms with Gasteiger partial charge in [0.1, 0.15) is 11.8 Å². The topological polar surface area (TPSA) is 109 Å². The summed E-state index contributed by atoms with van der Waals surface area (Å²) in [6.45, 7) is 1.08. The second kappa shape index (κ2) is 11.2. The van der Waals surface area contributed by atoms with Crippen molar-refractivity contribution >= 4 is 68.0 Å². The van der Waals surface area contributed by atoms with E-state index in [2.05, 4.69) is 10.3 Å². The van der Waals surface area contributed by atoms with Crippen molar-refractivity contribution in [3.8, 4) is 5.88 Å². The Morgan fingerprint density at radius 3 is 2.54 bits per heavy atom. The van der Waals surface area contributed by atoms with Crippen molar-refractivity contribution in [2.24, 2.45) is 0 Å².